The molecule has 1 aliphatic heterocycles. The van der Waals surface area contributed by atoms with E-state index < -0.39 is 5.41 Å². The van der Waals surface area contributed by atoms with E-state index in [1.165, 1.54) is 11.3 Å². The van der Waals surface area contributed by atoms with Crippen LogP contribution in [0, 0.1) is 0 Å². The highest BCUT2D eigenvalue weighted by molar-refractivity contribution is 9.09. The molecule has 0 aromatic carbocycles. The predicted octanol–water partition coefficient (Wildman–Crippen LogP) is 2.26. The topological polar surface area (TPSA) is 55.4 Å². The molecule has 2 heterocycles. The van der Waals surface area contributed by atoms with Crippen LogP contribution in [0.2, 0.25) is 0 Å². The Morgan fingerprint density at radius 3 is 2.85 bits per heavy atom. The number of ether oxygens (including phenoxy) is 1. The highest BCUT2D eigenvalue weighted by Gasteiger charge is 2.46. The summed E-state index contributed by atoms with van der Waals surface area (Å²) >= 11 is 4.60. The Hall–Kier alpha value is -0.720. The minimum atomic E-state index is -0.599. The monoisotopic (exact) mass is 357 g/mol. The summed E-state index contributed by atoms with van der Waals surface area (Å²) in [5.41, 5.74) is -0.599. The quantitative estimate of drug-likeness (QED) is 0.649. The molecule has 0 radical (unpaired) electrons. The molecule has 1 unspecified atom stereocenters. The van der Waals surface area contributed by atoms with Crippen molar-refractivity contribution in [1.29, 1.82) is 0 Å². The van der Waals surface area contributed by atoms with E-state index in [2.05, 4.69) is 21.2 Å². The number of rotatable bonds is 5. The first-order chi connectivity index (χ1) is 9.65. The maximum Gasteiger partial charge on any atom is 0.234 e. The van der Waals surface area contributed by atoms with E-state index in [9.17, 15) is 9.59 Å². The van der Waals surface area contributed by atoms with Crippen LogP contribution >= 0.6 is 27.3 Å². The van der Waals surface area contributed by atoms with Gasteiger partial charge in [0, 0.05) is 17.5 Å². The molecule has 1 atom stereocenters. The van der Waals surface area contributed by atoms with Crippen LogP contribution in [-0.4, -0.2) is 36.3 Å². The van der Waals surface area contributed by atoms with Crippen molar-refractivity contribution in [3.8, 4) is 0 Å². The van der Waals surface area contributed by atoms with Gasteiger partial charge in [-0.05, 0) is 31.4 Å². The summed E-state index contributed by atoms with van der Waals surface area (Å²) in [6.45, 7) is 1.01. The van der Waals surface area contributed by atoms with Gasteiger partial charge in [-0.3, -0.25) is 9.59 Å². The molecule has 0 bridgehead atoms. The lowest BCUT2D eigenvalue weighted by atomic mass is 9.84. The van der Waals surface area contributed by atoms with Gasteiger partial charge in [-0.25, -0.2) is 0 Å². The van der Waals surface area contributed by atoms with E-state index in [-0.39, 0.29) is 11.7 Å². The zero-order chi connectivity index (χ0) is 14.2. The van der Waals surface area contributed by atoms with Crippen LogP contribution in [0.15, 0.2) is 12.1 Å². The van der Waals surface area contributed by atoms with Crippen LogP contribution in [0.3, 0.4) is 0 Å². The summed E-state index contributed by atoms with van der Waals surface area (Å²) < 4.78 is 5.49. The SMILES string of the molecule is O=C(CBr)c1ccc(C2(C(=O)NC3CC3)CCOC2)s1. The molecule has 1 aromatic heterocycles. The first-order valence-corrected chi connectivity index (χ1v) is 8.68. The number of ketones is 1. The predicted molar refractivity (Wildman–Crippen MR) is 80.7 cm³/mol. The molecule has 1 saturated carbocycles. The fourth-order valence-electron chi connectivity index (χ4n) is 2.41. The van der Waals surface area contributed by atoms with Crippen LogP contribution in [0.4, 0.5) is 0 Å². The molecule has 6 heteroatoms. The Morgan fingerprint density at radius 1 is 1.45 bits per heavy atom. The number of Topliss-reactive ketones (excluding diaryl/α,β-unsaturated/α-hetero) is 1. The molecule has 0 spiro atoms. The molecule has 1 aliphatic carbocycles. The second kappa shape index (κ2) is 5.58. The smallest absolute Gasteiger partial charge is 0.234 e. The van der Waals surface area contributed by atoms with Crippen molar-refractivity contribution in [3.63, 3.8) is 0 Å². The number of halogens is 1. The highest BCUT2D eigenvalue weighted by Crippen LogP contribution is 2.38. The number of carbonyl (C=O) groups excluding carboxylic acids is 2. The van der Waals surface area contributed by atoms with Gasteiger partial charge in [0.2, 0.25) is 5.91 Å². The van der Waals surface area contributed by atoms with Crippen molar-refractivity contribution in [3.05, 3.63) is 21.9 Å². The first-order valence-electron chi connectivity index (χ1n) is 6.74. The average Bonchev–Trinajstić information content (AvgIpc) is 2.98. The zero-order valence-corrected chi connectivity index (χ0v) is 13.4. The normalized spacial score (nSPS) is 25.6. The molecule has 108 valence electrons. The minimum Gasteiger partial charge on any atom is -0.380 e. The van der Waals surface area contributed by atoms with Crippen LogP contribution in [0.5, 0.6) is 0 Å². The van der Waals surface area contributed by atoms with Crippen molar-refractivity contribution < 1.29 is 14.3 Å². The molecule has 1 saturated heterocycles. The van der Waals surface area contributed by atoms with E-state index in [1.54, 1.807) is 0 Å². The molecule has 4 nitrogen and oxygen atoms in total. The Kier molecular flexibility index (Phi) is 3.97. The maximum absolute atomic E-state index is 12.6. The lowest BCUT2D eigenvalue weighted by Crippen LogP contribution is -2.45. The van der Waals surface area contributed by atoms with Crippen LogP contribution < -0.4 is 5.32 Å². The van der Waals surface area contributed by atoms with Gasteiger partial charge in [-0.1, -0.05) is 15.9 Å². The fraction of sp³-hybridized carbons (Fsp3) is 0.571. The molecule has 1 amide bonds. The zero-order valence-electron chi connectivity index (χ0n) is 11.0. The van der Waals surface area contributed by atoms with Crippen LogP contribution in [0.25, 0.3) is 0 Å². The Balaban J connectivity index is 1.87. The lowest BCUT2D eigenvalue weighted by molar-refractivity contribution is -0.126. The van der Waals surface area contributed by atoms with Crippen LogP contribution in [0.1, 0.15) is 33.8 Å². The summed E-state index contributed by atoms with van der Waals surface area (Å²) in [5.74, 6) is 0.107. The van der Waals surface area contributed by atoms with E-state index >= 15 is 0 Å². The summed E-state index contributed by atoms with van der Waals surface area (Å²) in [6.07, 6.45) is 2.83. The van der Waals surface area contributed by atoms with Gasteiger partial charge in [0.15, 0.2) is 5.78 Å². The van der Waals surface area contributed by atoms with Crippen molar-refractivity contribution in [2.75, 3.05) is 18.5 Å². The molecule has 2 aliphatic rings. The second-order valence-corrected chi connectivity index (χ2v) is 7.00. The number of alkyl halides is 1. The van der Waals surface area contributed by atoms with E-state index in [0.29, 0.717) is 35.9 Å². The Labute approximate surface area is 130 Å². The Morgan fingerprint density at radius 2 is 2.25 bits per heavy atom. The molecule has 3 rings (SSSR count). The van der Waals surface area contributed by atoms with Gasteiger partial charge in [0.05, 0.1) is 16.8 Å². The van der Waals surface area contributed by atoms with Gasteiger partial charge in [0.25, 0.3) is 0 Å². The minimum absolute atomic E-state index is 0.0530. The summed E-state index contributed by atoms with van der Waals surface area (Å²) in [7, 11) is 0. The van der Waals surface area contributed by atoms with Gasteiger partial charge in [0.1, 0.15) is 5.41 Å². The fourth-order valence-corrected chi connectivity index (χ4v) is 4.04. The number of nitrogens with one attached hydrogen (secondary N) is 1. The van der Waals surface area contributed by atoms with E-state index in [1.807, 2.05) is 12.1 Å². The second-order valence-electron chi connectivity index (χ2n) is 5.35. The summed E-state index contributed by atoms with van der Waals surface area (Å²) in [4.78, 5) is 26.0. The molecule has 2 fully saturated rings. The van der Waals surface area contributed by atoms with Gasteiger partial charge in [-0.2, -0.15) is 0 Å². The molecule has 20 heavy (non-hydrogen) atoms. The van der Waals surface area contributed by atoms with E-state index in [4.69, 9.17) is 4.74 Å². The summed E-state index contributed by atoms with van der Waals surface area (Å²) in [6, 6.07) is 4.05. The summed E-state index contributed by atoms with van der Waals surface area (Å²) in [5, 5.41) is 3.39. The van der Waals surface area contributed by atoms with Crippen molar-refractivity contribution in [2.45, 2.75) is 30.7 Å². The molecular formula is C14H16BrNO3S. The van der Waals surface area contributed by atoms with Gasteiger partial charge < -0.3 is 10.1 Å². The van der Waals surface area contributed by atoms with Crippen molar-refractivity contribution >= 4 is 39.0 Å². The standard InChI is InChI=1S/C14H16BrNO3S/c15-7-10(17)11-3-4-12(20-11)14(5-6-19-8-14)13(18)16-9-1-2-9/h3-4,9H,1-2,5-8H2,(H,16,18). The number of thiophene rings is 1. The number of amides is 1. The maximum atomic E-state index is 12.6. The van der Waals surface area contributed by atoms with Crippen molar-refractivity contribution in [2.24, 2.45) is 0 Å². The third-order valence-corrected chi connectivity index (χ3v) is 5.68. The third kappa shape index (κ3) is 2.56. The van der Waals surface area contributed by atoms with Crippen molar-refractivity contribution in [1.82, 2.24) is 5.32 Å². The Bertz CT molecular complexity index is 532. The lowest BCUT2D eigenvalue weighted by Gasteiger charge is -2.24. The van der Waals surface area contributed by atoms with Gasteiger partial charge in [-0.15, -0.1) is 11.3 Å². The molecular weight excluding hydrogens is 342 g/mol. The molecule has 1 N–H and O–H groups in total. The highest BCUT2D eigenvalue weighted by atomic mass is 79.9. The number of hydrogen-bond acceptors (Lipinski definition) is 4. The largest absolute Gasteiger partial charge is 0.380 e. The third-order valence-electron chi connectivity index (χ3n) is 3.84. The number of hydrogen-bond donors (Lipinski definition) is 1. The van der Waals surface area contributed by atoms with Crippen LogP contribution in [-0.2, 0) is 14.9 Å². The average molecular weight is 358 g/mol. The number of carbonyl (C=O) groups is 2. The first kappa shape index (κ1) is 14.2. The van der Waals surface area contributed by atoms with E-state index in [0.717, 1.165) is 17.7 Å². The van der Waals surface area contributed by atoms with Gasteiger partial charge >= 0.3 is 0 Å². The molecule has 1 aromatic rings.